The fourth-order valence-corrected chi connectivity index (χ4v) is 4.66. The summed E-state index contributed by atoms with van der Waals surface area (Å²) in [6.45, 7) is 1.43. The highest BCUT2D eigenvalue weighted by atomic mass is 16.2. The number of hydrogen-bond donors (Lipinski definition) is 0. The molecule has 3 heterocycles. The molecule has 0 bridgehead atoms. The van der Waals surface area contributed by atoms with E-state index in [1.54, 1.807) is 12.4 Å². The quantitative estimate of drug-likeness (QED) is 0.857. The van der Waals surface area contributed by atoms with Gasteiger partial charge < -0.3 is 9.80 Å². The molecule has 2 saturated heterocycles. The molecular weight excluding hydrogens is 302 g/mol. The van der Waals surface area contributed by atoms with Crippen LogP contribution in [0.3, 0.4) is 0 Å². The summed E-state index contributed by atoms with van der Waals surface area (Å²) in [5.74, 6) is 0.198. The predicted octanol–water partition coefficient (Wildman–Crippen LogP) is 2.54. The molecule has 1 aromatic heterocycles. The van der Waals surface area contributed by atoms with E-state index in [2.05, 4.69) is 4.98 Å². The van der Waals surface area contributed by atoms with E-state index in [1.165, 1.54) is 12.8 Å². The number of carbonyl (C=O) groups is 2. The van der Waals surface area contributed by atoms with E-state index in [9.17, 15) is 9.59 Å². The van der Waals surface area contributed by atoms with Crippen LogP contribution >= 0.6 is 0 Å². The number of amides is 2. The lowest BCUT2D eigenvalue weighted by Gasteiger charge is -2.28. The minimum absolute atomic E-state index is 0.149. The number of aromatic nitrogens is 1. The lowest BCUT2D eigenvalue weighted by atomic mass is 10.0. The standard InChI is InChI=1S/C19H25N3O2/c23-18-12-15(13-22(18)16-4-1-2-5-16)19(24)21-11-3-6-17(21)14-7-9-20-10-8-14/h7-10,15-17H,1-6,11-13H2. The van der Waals surface area contributed by atoms with Crippen molar-refractivity contribution < 1.29 is 9.59 Å². The van der Waals surface area contributed by atoms with E-state index in [1.807, 2.05) is 21.9 Å². The number of likely N-dealkylation sites (tertiary alicyclic amines) is 2. The first kappa shape index (κ1) is 15.6. The number of carbonyl (C=O) groups excluding carboxylic acids is 2. The molecule has 2 amide bonds. The van der Waals surface area contributed by atoms with Crippen molar-refractivity contribution in [3.63, 3.8) is 0 Å². The Morgan fingerprint density at radius 1 is 1.08 bits per heavy atom. The third kappa shape index (κ3) is 2.80. The number of hydrogen-bond acceptors (Lipinski definition) is 3. The van der Waals surface area contributed by atoms with Gasteiger partial charge in [0.15, 0.2) is 0 Å². The summed E-state index contributed by atoms with van der Waals surface area (Å²) in [5, 5.41) is 0. The minimum Gasteiger partial charge on any atom is -0.339 e. The second-order valence-electron chi connectivity index (χ2n) is 7.36. The van der Waals surface area contributed by atoms with Crippen molar-refractivity contribution >= 4 is 11.8 Å². The van der Waals surface area contributed by atoms with Crippen molar-refractivity contribution in [3.8, 4) is 0 Å². The molecule has 2 unspecified atom stereocenters. The Morgan fingerprint density at radius 2 is 1.83 bits per heavy atom. The summed E-state index contributed by atoms with van der Waals surface area (Å²) in [5.41, 5.74) is 1.16. The Kier molecular flexibility index (Phi) is 4.25. The topological polar surface area (TPSA) is 53.5 Å². The van der Waals surface area contributed by atoms with Crippen molar-refractivity contribution in [1.82, 2.24) is 14.8 Å². The maximum Gasteiger partial charge on any atom is 0.228 e. The molecule has 1 saturated carbocycles. The Morgan fingerprint density at radius 3 is 2.58 bits per heavy atom. The summed E-state index contributed by atoms with van der Waals surface area (Å²) in [6, 6.07) is 4.53. The normalized spacial score (nSPS) is 28.1. The predicted molar refractivity (Wildman–Crippen MR) is 90.0 cm³/mol. The largest absolute Gasteiger partial charge is 0.339 e. The molecule has 1 aromatic rings. The summed E-state index contributed by atoms with van der Waals surface area (Å²) in [6.07, 6.45) is 10.6. The van der Waals surface area contributed by atoms with E-state index >= 15 is 0 Å². The molecule has 2 atom stereocenters. The van der Waals surface area contributed by atoms with Gasteiger partial charge in [0.25, 0.3) is 0 Å². The van der Waals surface area contributed by atoms with Gasteiger partial charge in [-0.3, -0.25) is 14.6 Å². The van der Waals surface area contributed by atoms with Crippen molar-refractivity contribution in [1.29, 1.82) is 0 Å². The number of rotatable bonds is 3. The van der Waals surface area contributed by atoms with Gasteiger partial charge in [0.1, 0.15) is 0 Å². The van der Waals surface area contributed by atoms with Crippen LogP contribution in [0.1, 0.15) is 56.6 Å². The van der Waals surface area contributed by atoms with Crippen molar-refractivity contribution in [2.75, 3.05) is 13.1 Å². The highest BCUT2D eigenvalue weighted by Crippen LogP contribution is 2.35. The number of nitrogens with zero attached hydrogens (tertiary/aromatic N) is 3. The minimum atomic E-state index is -0.152. The molecule has 3 aliphatic rings. The lowest BCUT2D eigenvalue weighted by molar-refractivity contribution is -0.136. The van der Waals surface area contributed by atoms with Crippen LogP contribution in [0.15, 0.2) is 24.5 Å². The first-order valence-corrected chi connectivity index (χ1v) is 9.24. The van der Waals surface area contributed by atoms with E-state index in [0.29, 0.717) is 19.0 Å². The second-order valence-corrected chi connectivity index (χ2v) is 7.36. The summed E-state index contributed by atoms with van der Waals surface area (Å²) < 4.78 is 0. The molecule has 4 rings (SSSR count). The van der Waals surface area contributed by atoms with Crippen LogP contribution in [0.25, 0.3) is 0 Å². The summed E-state index contributed by atoms with van der Waals surface area (Å²) >= 11 is 0. The SMILES string of the molecule is O=C1CC(C(=O)N2CCCC2c2ccncc2)CN1C1CCCC1. The second kappa shape index (κ2) is 6.54. The molecule has 5 heteroatoms. The third-order valence-corrected chi connectivity index (χ3v) is 5.90. The smallest absolute Gasteiger partial charge is 0.228 e. The molecule has 5 nitrogen and oxygen atoms in total. The van der Waals surface area contributed by atoms with Gasteiger partial charge >= 0.3 is 0 Å². The van der Waals surface area contributed by atoms with Crippen molar-refractivity contribution in [2.45, 2.75) is 57.0 Å². The van der Waals surface area contributed by atoms with Crippen molar-refractivity contribution in [2.24, 2.45) is 5.92 Å². The molecule has 0 aromatic carbocycles. The van der Waals surface area contributed by atoms with E-state index in [4.69, 9.17) is 0 Å². The Hall–Kier alpha value is -1.91. The zero-order valence-corrected chi connectivity index (χ0v) is 14.1. The average Bonchev–Trinajstić information content (AvgIpc) is 3.35. The van der Waals surface area contributed by atoms with Gasteiger partial charge in [0.2, 0.25) is 11.8 Å². The zero-order valence-electron chi connectivity index (χ0n) is 14.1. The molecule has 24 heavy (non-hydrogen) atoms. The van der Waals surface area contributed by atoms with E-state index in [0.717, 1.165) is 37.8 Å². The van der Waals surface area contributed by atoms with Crippen LogP contribution in [-0.2, 0) is 9.59 Å². The van der Waals surface area contributed by atoms with Crippen LogP contribution in [-0.4, -0.2) is 45.7 Å². The molecule has 128 valence electrons. The zero-order chi connectivity index (χ0) is 16.5. The highest BCUT2D eigenvalue weighted by molar-refractivity contribution is 5.89. The average molecular weight is 327 g/mol. The van der Waals surface area contributed by atoms with Gasteiger partial charge in [-0.25, -0.2) is 0 Å². The van der Waals surface area contributed by atoms with Gasteiger partial charge in [-0.15, -0.1) is 0 Å². The summed E-state index contributed by atoms with van der Waals surface area (Å²) in [7, 11) is 0. The lowest BCUT2D eigenvalue weighted by Crippen LogP contribution is -2.38. The van der Waals surface area contributed by atoms with Crippen molar-refractivity contribution in [3.05, 3.63) is 30.1 Å². The molecular formula is C19H25N3O2. The van der Waals surface area contributed by atoms with Gasteiger partial charge in [0.05, 0.1) is 12.0 Å². The molecule has 0 N–H and O–H groups in total. The first-order chi connectivity index (χ1) is 11.7. The fraction of sp³-hybridized carbons (Fsp3) is 0.632. The first-order valence-electron chi connectivity index (χ1n) is 9.24. The Bertz CT molecular complexity index is 612. The van der Waals surface area contributed by atoms with Crippen LogP contribution in [0.4, 0.5) is 0 Å². The Labute approximate surface area is 143 Å². The van der Waals surface area contributed by atoms with Crippen LogP contribution < -0.4 is 0 Å². The van der Waals surface area contributed by atoms with Gasteiger partial charge in [-0.1, -0.05) is 12.8 Å². The maximum atomic E-state index is 13.1. The third-order valence-electron chi connectivity index (χ3n) is 5.90. The molecule has 2 aliphatic heterocycles. The van der Waals surface area contributed by atoms with Crippen LogP contribution in [0, 0.1) is 5.92 Å². The summed E-state index contributed by atoms with van der Waals surface area (Å²) in [4.78, 5) is 33.5. The molecule has 1 aliphatic carbocycles. The molecule has 0 spiro atoms. The van der Waals surface area contributed by atoms with E-state index in [-0.39, 0.29) is 23.8 Å². The van der Waals surface area contributed by atoms with E-state index < -0.39 is 0 Å². The van der Waals surface area contributed by atoms with Gasteiger partial charge in [0, 0.05) is 37.9 Å². The molecule has 3 fully saturated rings. The monoisotopic (exact) mass is 327 g/mol. The van der Waals surface area contributed by atoms with Crippen LogP contribution in [0.5, 0.6) is 0 Å². The van der Waals surface area contributed by atoms with Crippen LogP contribution in [0.2, 0.25) is 0 Å². The van der Waals surface area contributed by atoms with Gasteiger partial charge in [-0.2, -0.15) is 0 Å². The Balaban J connectivity index is 1.46. The molecule has 0 radical (unpaired) electrons. The van der Waals surface area contributed by atoms with Gasteiger partial charge in [-0.05, 0) is 43.4 Å². The maximum absolute atomic E-state index is 13.1. The fourth-order valence-electron chi connectivity index (χ4n) is 4.66. The highest BCUT2D eigenvalue weighted by Gasteiger charge is 2.42. The number of pyridine rings is 1.